The molecule has 0 atom stereocenters. The largest absolute Gasteiger partial charge is 0.486 e. The van der Waals surface area contributed by atoms with Crippen molar-refractivity contribution < 1.29 is 9.26 Å². The van der Waals surface area contributed by atoms with E-state index in [-0.39, 0.29) is 0 Å². The SMILES string of the molecule is Brc1ccc(OCc2ccno2)cc1. The summed E-state index contributed by atoms with van der Waals surface area (Å²) in [7, 11) is 0. The molecule has 0 aliphatic heterocycles. The molecule has 1 heterocycles. The van der Waals surface area contributed by atoms with Crippen molar-refractivity contribution in [3.8, 4) is 5.75 Å². The Morgan fingerprint density at radius 1 is 1.21 bits per heavy atom. The zero-order valence-corrected chi connectivity index (χ0v) is 8.90. The first-order chi connectivity index (χ1) is 6.84. The van der Waals surface area contributed by atoms with Gasteiger partial charge in [0.1, 0.15) is 12.4 Å². The molecule has 0 saturated carbocycles. The maximum absolute atomic E-state index is 5.45. The smallest absolute Gasteiger partial charge is 0.174 e. The van der Waals surface area contributed by atoms with Crippen LogP contribution in [0.4, 0.5) is 0 Å². The Kier molecular flexibility index (Phi) is 2.84. The zero-order chi connectivity index (χ0) is 9.80. The van der Waals surface area contributed by atoms with Crippen molar-refractivity contribution in [1.82, 2.24) is 5.16 Å². The van der Waals surface area contributed by atoms with E-state index in [0.29, 0.717) is 12.4 Å². The van der Waals surface area contributed by atoms with Gasteiger partial charge < -0.3 is 9.26 Å². The van der Waals surface area contributed by atoms with Gasteiger partial charge in [0.15, 0.2) is 5.76 Å². The molecule has 3 nitrogen and oxygen atoms in total. The monoisotopic (exact) mass is 253 g/mol. The average Bonchev–Trinajstić information content (AvgIpc) is 2.70. The molecule has 1 aromatic heterocycles. The Labute approximate surface area is 89.8 Å². The third kappa shape index (κ3) is 2.35. The van der Waals surface area contributed by atoms with Gasteiger partial charge in [0.2, 0.25) is 0 Å². The lowest BCUT2D eigenvalue weighted by molar-refractivity contribution is 0.249. The number of hydrogen-bond acceptors (Lipinski definition) is 3. The van der Waals surface area contributed by atoms with Crippen LogP contribution in [0, 0.1) is 0 Å². The van der Waals surface area contributed by atoms with Crippen LogP contribution in [0.1, 0.15) is 5.76 Å². The summed E-state index contributed by atoms with van der Waals surface area (Å²) < 4.78 is 11.4. The minimum absolute atomic E-state index is 0.404. The summed E-state index contributed by atoms with van der Waals surface area (Å²) in [6.07, 6.45) is 1.60. The number of ether oxygens (including phenoxy) is 1. The van der Waals surface area contributed by atoms with Crippen LogP contribution < -0.4 is 4.74 Å². The summed E-state index contributed by atoms with van der Waals surface area (Å²) in [5.74, 6) is 1.53. The van der Waals surface area contributed by atoms with Gasteiger partial charge in [-0.2, -0.15) is 0 Å². The summed E-state index contributed by atoms with van der Waals surface area (Å²) in [6.45, 7) is 0.404. The van der Waals surface area contributed by atoms with Crippen LogP contribution >= 0.6 is 15.9 Å². The van der Waals surface area contributed by atoms with Crippen LogP contribution in [-0.2, 0) is 6.61 Å². The molecule has 0 spiro atoms. The fourth-order valence-electron chi connectivity index (χ4n) is 1.00. The molecule has 4 heteroatoms. The van der Waals surface area contributed by atoms with Gasteiger partial charge in [0, 0.05) is 10.5 Å². The second-order valence-electron chi connectivity index (χ2n) is 2.72. The molecule has 0 amide bonds. The van der Waals surface area contributed by atoms with Crippen molar-refractivity contribution in [2.75, 3.05) is 0 Å². The maximum Gasteiger partial charge on any atom is 0.174 e. The van der Waals surface area contributed by atoms with Crippen LogP contribution in [0.5, 0.6) is 5.75 Å². The summed E-state index contributed by atoms with van der Waals surface area (Å²) in [5, 5.41) is 3.59. The molecule has 2 rings (SSSR count). The predicted molar refractivity (Wildman–Crippen MR) is 55.0 cm³/mol. The van der Waals surface area contributed by atoms with E-state index in [1.54, 1.807) is 12.3 Å². The van der Waals surface area contributed by atoms with E-state index < -0.39 is 0 Å². The summed E-state index contributed by atoms with van der Waals surface area (Å²) in [5.41, 5.74) is 0. The minimum Gasteiger partial charge on any atom is -0.486 e. The molecule has 0 fully saturated rings. The number of hydrogen-bond donors (Lipinski definition) is 0. The van der Waals surface area contributed by atoms with Crippen LogP contribution in [0.25, 0.3) is 0 Å². The second kappa shape index (κ2) is 4.28. The van der Waals surface area contributed by atoms with Crippen LogP contribution in [0.3, 0.4) is 0 Å². The predicted octanol–water partition coefficient (Wildman–Crippen LogP) is 3.02. The Morgan fingerprint density at radius 3 is 2.64 bits per heavy atom. The van der Waals surface area contributed by atoms with E-state index in [0.717, 1.165) is 10.2 Å². The van der Waals surface area contributed by atoms with Gasteiger partial charge >= 0.3 is 0 Å². The lowest BCUT2D eigenvalue weighted by Gasteiger charge is -2.02. The lowest BCUT2D eigenvalue weighted by atomic mass is 10.3. The van der Waals surface area contributed by atoms with E-state index in [1.807, 2.05) is 24.3 Å². The van der Waals surface area contributed by atoms with Crippen molar-refractivity contribution >= 4 is 15.9 Å². The first-order valence-corrected chi connectivity index (χ1v) is 4.92. The third-order valence-corrected chi connectivity index (χ3v) is 2.21. The van der Waals surface area contributed by atoms with Crippen LogP contribution in [0.15, 0.2) is 45.5 Å². The third-order valence-electron chi connectivity index (χ3n) is 1.69. The van der Waals surface area contributed by atoms with E-state index in [1.165, 1.54) is 0 Å². The molecule has 14 heavy (non-hydrogen) atoms. The van der Waals surface area contributed by atoms with Gasteiger partial charge in [0.25, 0.3) is 0 Å². The summed E-state index contributed by atoms with van der Waals surface area (Å²) >= 11 is 3.35. The molecule has 72 valence electrons. The number of aromatic nitrogens is 1. The van der Waals surface area contributed by atoms with Gasteiger partial charge in [-0.3, -0.25) is 0 Å². The number of nitrogens with zero attached hydrogens (tertiary/aromatic N) is 1. The molecule has 0 aliphatic rings. The molecule has 0 saturated heterocycles. The Hall–Kier alpha value is -1.29. The highest BCUT2D eigenvalue weighted by molar-refractivity contribution is 9.10. The second-order valence-corrected chi connectivity index (χ2v) is 3.64. The molecule has 0 radical (unpaired) electrons. The van der Waals surface area contributed by atoms with Crippen molar-refractivity contribution in [2.24, 2.45) is 0 Å². The Bertz CT molecular complexity index is 383. The quantitative estimate of drug-likeness (QED) is 0.844. The Morgan fingerprint density at radius 2 is 2.00 bits per heavy atom. The van der Waals surface area contributed by atoms with Crippen LogP contribution in [-0.4, -0.2) is 5.16 Å². The van der Waals surface area contributed by atoms with Crippen molar-refractivity contribution in [2.45, 2.75) is 6.61 Å². The van der Waals surface area contributed by atoms with Gasteiger partial charge in [-0.05, 0) is 24.3 Å². The van der Waals surface area contributed by atoms with E-state index in [4.69, 9.17) is 9.26 Å². The van der Waals surface area contributed by atoms with Crippen molar-refractivity contribution in [1.29, 1.82) is 0 Å². The number of benzene rings is 1. The highest BCUT2D eigenvalue weighted by atomic mass is 79.9. The fourth-order valence-corrected chi connectivity index (χ4v) is 1.27. The highest BCUT2D eigenvalue weighted by Crippen LogP contribution is 2.17. The zero-order valence-electron chi connectivity index (χ0n) is 7.31. The molecule has 0 unspecified atom stereocenters. The van der Waals surface area contributed by atoms with E-state index in [2.05, 4.69) is 21.1 Å². The molecule has 0 N–H and O–H groups in total. The average molecular weight is 254 g/mol. The molecular formula is C10H8BrNO2. The van der Waals surface area contributed by atoms with Gasteiger partial charge in [-0.1, -0.05) is 21.1 Å². The van der Waals surface area contributed by atoms with Crippen LogP contribution in [0.2, 0.25) is 0 Å². The first kappa shape index (κ1) is 9.27. The molecule has 0 bridgehead atoms. The number of rotatable bonds is 3. The van der Waals surface area contributed by atoms with Crippen molar-refractivity contribution in [3.63, 3.8) is 0 Å². The molecule has 0 aliphatic carbocycles. The minimum atomic E-state index is 0.404. The first-order valence-electron chi connectivity index (χ1n) is 4.12. The fraction of sp³-hybridized carbons (Fsp3) is 0.100. The van der Waals surface area contributed by atoms with Crippen molar-refractivity contribution in [3.05, 3.63) is 46.8 Å². The maximum atomic E-state index is 5.45. The molecular weight excluding hydrogens is 246 g/mol. The standard InChI is InChI=1S/C10H8BrNO2/c11-8-1-3-9(4-2-8)13-7-10-5-6-12-14-10/h1-6H,7H2. The topological polar surface area (TPSA) is 35.3 Å². The van der Waals surface area contributed by atoms with Gasteiger partial charge in [0.05, 0.1) is 6.20 Å². The molecule has 2 aromatic rings. The molecule has 1 aromatic carbocycles. The van der Waals surface area contributed by atoms with Gasteiger partial charge in [-0.15, -0.1) is 0 Å². The lowest BCUT2D eigenvalue weighted by Crippen LogP contribution is -1.92. The number of halogens is 1. The summed E-state index contributed by atoms with van der Waals surface area (Å²) in [4.78, 5) is 0. The summed E-state index contributed by atoms with van der Waals surface area (Å²) in [6, 6.07) is 9.41. The van der Waals surface area contributed by atoms with Gasteiger partial charge in [-0.25, -0.2) is 0 Å². The Balaban J connectivity index is 1.95. The van der Waals surface area contributed by atoms with E-state index in [9.17, 15) is 0 Å². The highest BCUT2D eigenvalue weighted by Gasteiger charge is 1.98. The van der Waals surface area contributed by atoms with E-state index >= 15 is 0 Å². The normalized spacial score (nSPS) is 10.1.